The average Bonchev–Trinajstić information content (AvgIpc) is 2.96. The number of rotatable bonds is 2. The van der Waals surface area contributed by atoms with Crippen molar-refractivity contribution in [1.82, 2.24) is 9.78 Å². The molecule has 4 rings (SSSR count). The molecule has 122 valence electrons. The van der Waals surface area contributed by atoms with Gasteiger partial charge in [0.1, 0.15) is 6.17 Å². The van der Waals surface area contributed by atoms with E-state index in [4.69, 9.17) is 5.10 Å². The lowest BCUT2D eigenvalue weighted by molar-refractivity contribution is 0.570. The van der Waals surface area contributed by atoms with Crippen molar-refractivity contribution in [3.63, 3.8) is 0 Å². The van der Waals surface area contributed by atoms with Gasteiger partial charge in [-0.2, -0.15) is 5.10 Å². The molecule has 2 aromatic carbocycles. The van der Waals surface area contributed by atoms with E-state index in [1.54, 1.807) is 11.8 Å². The minimum Gasteiger partial charge on any atom is -0.359 e. The van der Waals surface area contributed by atoms with Gasteiger partial charge in [0.15, 0.2) is 0 Å². The van der Waals surface area contributed by atoms with Crippen LogP contribution in [0, 0.1) is 20.8 Å². The van der Waals surface area contributed by atoms with E-state index in [1.807, 2.05) is 0 Å². The number of aromatic nitrogens is 2. The lowest BCUT2D eigenvalue weighted by Gasteiger charge is -2.30. The standard InChI is InChI=1S/C20H21N3S/c1-12-9-13(2)19-17(10-12)18-11-14(3)22-23(18)20(21-19)15-5-7-16(24-4)8-6-15/h5-11,20-21H,1-4H3. The summed E-state index contributed by atoms with van der Waals surface area (Å²) >= 11 is 1.76. The Kier molecular flexibility index (Phi) is 3.65. The Labute approximate surface area is 147 Å². The van der Waals surface area contributed by atoms with Crippen molar-refractivity contribution < 1.29 is 0 Å². The van der Waals surface area contributed by atoms with Crippen LogP contribution in [0.5, 0.6) is 0 Å². The van der Waals surface area contributed by atoms with E-state index in [0.29, 0.717) is 0 Å². The van der Waals surface area contributed by atoms with Gasteiger partial charge in [-0.3, -0.25) is 0 Å². The van der Waals surface area contributed by atoms with E-state index in [9.17, 15) is 0 Å². The number of hydrogen-bond acceptors (Lipinski definition) is 3. The molecule has 1 atom stereocenters. The smallest absolute Gasteiger partial charge is 0.147 e. The van der Waals surface area contributed by atoms with Crippen LogP contribution < -0.4 is 5.32 Å². The van der Waals surface area contributed by atoms with Crippen molar-refractivity contribution in [2.24, 2.45) is 0 Å². The van der Waals surface area contributed by atoms with E-state index in [0.717, 1.165) is 5.69 Å². The largest absolute Gasteiger partial charge is 0.359 e. The molecule has 1 unspecified atom stereocenters. The molecular weight excluding hydrogens is 314 g/mol. The topological polar surface area (TPSA) is 29.9 Å². The van der Waals surface area contributed by atoms with Gasteiger partial charge in [0.05, 0.1) is 11.4 Å². The van der Waals surface area contributed by atoms with Gasteiger partial charge in [0.25, 0.3) is 0 Å². The fraction of sp³-hybridized carbons (Fsp3) is 0.250. The summed E-state index contributed by atoms with van der Waals surface area (Å²) in [5.41, 5.74) is 8.47. The zero-order chi connectivity index (χ0) is 16.8. The van der Waals surface area contributed by atoms with Crippen molar-refractivity contribution in [3.05, 3.63) is 64.8 Å². The van der Waals surface area contributed by atoms with E-state index in [2.05, 4.69) is 79.5 Å². The number of hydrogen-bond donors (Lipinski definition) is 1. The summed E-state index contributed by atoms with van der Waals surface area (Å²) in [5, 5.41) is 8.47. The van der Waals surface area contributed by atoms with Crippen molar-refractivity contribution in [1.29, 1.82) is 0 Å². The molecule has 0 amide bonds. The Bertz CT molecular complexity index is 909. The summed E-state index contributed by atoms with van der Waals surface area (Å²) in [6.45, 7) is 6.38. The van der Waals surface area contributed by atoms with Crippen molar-refractivity contribution in [2.75, 3.05) is 11.6 Å². The molecule has 1 aliphatic rings. The highest BCUT2D eigenvalue weighted by Crippen LogP contribution is 2.41. The SMILES string of the molecule is CSc1ccc(C2Nc3c(C)cc(C)cc3-c3cc(C)nn32)cc1. The lowest BCUT2D eigenvalue weighted by atomic mass is 9.98. The van der Waals surface area contributed by atoms with E-state index in [1.165, 1.54) is 38.5 Å². The van der Waals surface area contributed by atoms with Gasteiger partial charge < -0.3 is 5.32 Å². The molecule has 0 spiro atoms. The van der Waals surface area contributed by atoms with Crippen LogP contribution >= 0.6 is 11.8 Å². The van der Waals surface area contributed by atoms with Gasteiger partial charge >= 0.3 is 0 Å². The van der Waals surface area contributed by atoms with Crippen LogP contribution in [-0.2, 0) is 0 Å². The molecule has 0 saturated heterocycles. The third-order valence-electron chi connectivity index (χ3n) is 4.57. The van der Waals surface area contributed by atoms with Crippen LogP contribution in [-0.4, -0.2) is 16.0 Å². The van der Waals surface area contributed by atoms with Gasteiger partial charge in [-0.25, -0.2) is 4.68 Å². The van der Waals surface area contributed by atoms with Gasteiger partial charge in [0.2, 0.25) is 0 Å². The van der Waals surface area contributed by atoms with Crippen molar-refractivity contribution in [3.8, 4) is 11.3 Å². The average molecular weight is 335 g/mol. The lowest BCUT2D eigenvalue weighted by Crippen LogP contribution is -2.26. The summed E-state index contributed by atoms with van der Waals surface area (Å²) < 4.78 is 2.12. The van der Waals surface area contributed by atoms with Gasteiger partial charge in [-0.05, 0) is 62.4 Å². The molecule has 0 radical (unpaired) electrons. The molecule has 1 N–H and O–H groups in total. The molecule has 1 aliphatic heterocycles. The highest BCUT2D eigenvalue weighted by atomic mass is 32.2. The maximum absolute atomic E-state index is 4.76. The number of thioether (sulfide) groups is 1. The minimum absolute atomic E-state index is 0.0264. The molecule has 3 aromatic rings. The molecule has 3 nitrogen and oxygen atoms in total. The number of benzene rings is 2. The van der Waals surface area contributed by atoms with Gasteiger partial charge in [0, 0.05) is 16.1 Å². The molecule has 0 fully saturated rings. The van der Waals surface area contributed by atoms with Gasteiger partial charge in [-0.15, -0.1) is 11.8 Å². The third-order valence-corrected chi connectivity index (χ3v) is 5.31. The first kappa shape index (κ1) is 15.3. The second-order valence-electron chi connectivity index (χ2n) is 6.44. The second-order valence-corrected chi connectivity index (χ2v) is 7.32. The Morgan fingerprint density at radius 1 is 1.04 bits per heavy atom. The van der Waals surface area contributed by atoms with Crippen molar-refractivity contribution in [2.45, 2.75) is 31.8 Å². The van der Waals surface area contributed by atoms with Crippen LogP contribution in [0.15, 0.2) is 47.4 Å². The highest BCUT2D eigenvalue weighted by molar-refractivity contribution is 7.98. The quantitative estimate of drug-likeness (QED) is 0.655. The summed E-state index contributed by atoms with van der Waals surface area (Å²) in [6.07, 6.45) is 2.13. The Balaban J connectivity index is 1.88. The molecule has 0 saturated carbocycles. The first-order valence-corrected chi connectivity index (χ1v) is 9.37. The van der Waals surface area contributed by atoms with Gasteiger partial charge in [-0.1, -0.05) is 23.8 Å². The summed E-state index contributed by atoms with van der Waals surface area (Å²) in [5.74, 6) is 0. The molecule has 2 heterocycles. The fourth-order valence-electron chi connectivity index (χ4n) is 3.48. The van der Waals surface area contributed by atoms with Crippen LogP contribution in [0.1, 0.15) is 28.6 Å². The summed E-state index contributed by atoms with van der Waals surface area (Å²) in [7, 11) is 0. The summed E-state index contributed by atoms with van der Waals surface area (Å²) in [6, 6.07) is 15.4. The zero-order valence-electron chi connectivity index (χ0n) is 14.4. The third kappa shape index (κ3) is 2.42. The van der Waals surface area contributed by atoms with Crippen LogP contribution in [0.25, 0.3) is 11.3 Å². The van der Waals surface area contributed by atoms with E-state index >= 15 is 0 Å². The Morgan fingerprint density at radius 2 is 1.79 bits per heavy atom. The first-order chi connectivity index (χ1) is 11.6. The maximum atomic E-state index is 4.76. The normalized spacial score (nSPS) is 15.6. The van der Waals surface area contributed by atoms with Crippen LogP contribution in [0.4, 0.5) is 5.69 Å². The molecule has 0 bridgehead atoms. The van der Waals surface area contributed by atoms with E-state index < -0.39 is 0 Å². The minimum atomic E-state index is 0.0264. The number of anilines is 1. The summed E-state index contributed by atoms with van der Waals surface area (Å²) in [4.78, 5) is 1.28. The van der Waals surface area contributed by atoms with E-state index in [-0.39, 0.29) is 6.17 Å². The number of fused-ring (bicyclic) bond motifs is 3. The first-order valence-electron chi connectivity index (χ1n) is 8.15. The monoisotopic (exact) mass is 335 g/mol. The van der Waals surface area contributed by atoms with Crippen LogP contribution in [0.3, 0.4) is 0 Å². The molecule has 24 heavy (non-hydrogen) atoms. The highest BCUT2D eigenvalue weighted by Gasteiger charge is 2.27. The number of nitrogens with one attached hydrogen (secondary N) is 1. The molecular formula is C20H21N3S. The number of nitrogens with zero attached hydrogens (tertiary/aromatic N) is 2. The second kappa shape index (κ2) is 5.71. The Hall–Kier alpha value is -2.20. The zero-order valence-corrected chi connectivity index (χ0v) is 15.2. The van der Waals surface area contributed by atoms with Crippen LogP contribution in [0.2, 0.25) is 0 Å². The molecule has 4 heteroatoms. The predicted octanol–water partition coefficient (Wildman–Crippen LogP) is 5.17. The fourth-order valence-corrected chi connectivity index (χ4v) is 3.89. The molecule has 1 aromatic heterocycles. The molecule has 0 aliphatic carbocycles. The Morgan fingerprint density at radius 3 is 2.50 bits per heavy atom. The van der Waals surface area contributed by atoms with Crippen molar-refractivity contribution >= 4 is 17.4 Å². The predicted molar refractivity (Wildman–Crippen MR) is 102 cm³/mol. The maximum Gasteiger partial charge on any atom is 0.147 e. The number of aryl methyl sites for hydroxylation is 3.